The molecular weight excluding hydrogens is 364 g/mol. The van der Waals surface area contributed by atoms with Crippen LogP contribution in [0.2, 0.25) is 15.3 Å². The summed E-state index contributed by atoms with van der Waals surface area (Å²) in [6, 6.07) is 7.56. The largest absolute Gasteiger partial charge is 0.309 e. The third-order valence-corrected chi connectivity index (χ3v) is 3.47. The van der Waals surface area contributed by atoms with Gasteiger partial charge in [0, 0.05) is 6.20 Å². The molecule has 1 aromatic carbocycles. The molecule has 0 aliphatic heterocycles. The van der Waals surface area contributed by atoms with E-state index in [0.29, 0.717) is 10.8 Å². The summed E-state index contributed by atoms with van der Waals surface area (Å²) in [6.07, 6.45) is 1.46. The van der Waals surface area contributed by atoms with Gasteiger partial charge in [-0.2, -0.15) is 15.0 Å². The molecule has 9 heteroatoms. The Morgan fingerprint density at radius 1 is 0.957 bits per heavy atom. The predicted molar refractivity (Wildman–Crippen MR) is 87.8 cm³/mol. The van der Waals surface area contributed by atoms with Crippen LogP contribution in [0.15, 0.2) is 36.5 Å². The van der Waals surface area contributed by atoms with Crippen LogP contribution in [-0.4, -0.2) is 19.9 Å². The van der Waals surface area contributed by atoms with Crippen LogP contribution in [0, 0.1) is 5.82 Å². The van der Waals surface area contributed by atoms with Gasteiger partial charge in [-0.15, -0.1) is 0 Å². The van der Waals surface area contributed by atoms with Crippen LogP contribution < -0.4 is 5.32 Å². The van der Waals surface area contributed by atoms with Gasteiger partial charge < -0.3 is 5.32 Å². The van der Waals surface area contributed by atoms with Crippen molar-refractivity contribution in [3.63, 3.8) is 0 Å². The Balaban J connectivity index is 2.01. The number of halogens is 4. The summed E-state index contributed by atoms with van der Waals surface area (Å²) in [5.74, 6) is 0.0105. The Morgan fingerprint density at radius 3 is 2.48 bits per heavy atom. The number of nitrogens with zero attached hydrogens (tertiary/aromatic N) is 4. The Bertz CT molecular complexity index is 837. The maximum Gasteiger partial charge on any atom is 0.233 e. The van der Waals surface area contributed by atoms with Crippen molar-refractivity contribution in [3.8, 4) is 11.4 Å². The number of pyridine rings is 1. The van der Waals surface area contributed by atoms with Gasteiger partial charge >= 0.3 is 0 Å². The second-order valence-electron chi connectivity index (χ2n) is 4.33. The highest BCUT2D eigenvalue weighted by Gasteiger charge is 2.15. The molecule has 3 rings (SSSR count). The van der Waals surface area contributed by atoms with E-state index in [1.165, 1.54) is 24.4 Å². The molecule has 0 aliphatic rings. The number of nitrogens with one attached hydrogen (secondary N) is 1. The molecule has 2 aromatic heterocycles. The van der Waals surface area contributed by atoms with Crippen LogP contribution in [0.25, 0.3) is 11.4 Å². The van der Waals surface area contributed by atoms with Crippen molar-refractivity contribution in [3.05, 3.63) is 57.7 Å². The number of benzene rings is 1. The molecule has 0 spiro atoms. The zero-order valence-electron chi connectivity index (χ0n) is 11.3. The number of anilines is 2. The Hall–Kier alpha value is -2.02. The fourth-order valence-corrected chi connectivity index (χ4v) is 2.31. The van der Waals surface area contributed by atoms with Crippen molar-refractivity contribution in [1.29, 1.82) is 0 Å². The highest BCUT2D eigenvalue weighted by atomic mass is 35.5. The smallest absolute Gasteiger partial charge is 0.233 e. The van der Waals surface area contributed by atoms with Crippen molar-refractivity contribution in [2.24, 2.45) is 0 Å². The van der Waals surface area contributed by atoms with E-state index in [9.17, 15) is 4.39 Å². The van der Waals surface area contributed by atoms with Crippen LogP contribution in [0.1, 0.15) is 0 Å². The van der Waals surface area contributed by atoms with E-state index in [1.807, 2.05) is 0 Å². The predicted octanol–water partition coefficient (Wildman–Crippen LogP) is 4.78. The summed E-state index contributed by atoms with van der Waals surface area (Å²) >= 11 is 17.7. The topological polar surface area (TPSA) is 63.6 Å². The van der Waals surface area contributed by atoms with Gasteiger partial charge in [-0.3, -0.25) is 0 Å². The van der Waals surface area contributed by atoms with Crippen molar-refractivity contribution in [1.82, 2.24) is 19.9 Å². The average Bonchev–Trinajstić information content (AvgIpc) is 2.49. The molecule has 0 atom stereocenters. The Labute approximate surface area is 145 Å². The SMILES string of the molecule is Fc1cccc(Cl)c1-c1nc(Cl)nc(Nc2ccc(Cl)cn2)n1. The summed E-state index contributed by atoms with van der Waals surface area (Å²) < 4.78 is 14.0. The van der Waals surface area contributed by atoms with Crippen molar-refractivity contribution >= 4 is 46.6 Å². The van der Waals surface area contributed by atoms with E-state index in [-0.39, 0.29) is 27.6 Å². The molecule has 0 fully saturated rings. The third-order valence-electron chi connectivity index (χ3n) is 2.76. The fourth-order valence-electron chi connectivity index (χ4n) is 1.79. The summed E-state index contributed by atoms with van der Waals surface area (Å²) in [5.41, 5.74) is 0.0468. The third kappa shape index (κ3) is 3.67. The minimum atomic E-state index is -0.560. The van der Waals surface area contributed by atoms with Gasteiger partial charge in [0.25, 0.3) is 0 Å². The summed E-state index contributed by atoms with van der Waals surface area (Å²) in [4.78, 5) is 16.0. The van der Waals surface area contributed by atoms with Gasteiger partial charge in [-0.25, -0.2) is 9.37 Å². The molecule has 2 heterocycles. The van der Waals surface area contributed by atoms with Gasteiger partial charge in [-0.1, -0.05) is 29.3 Å². The molecule has 0 saturated heterocycles. The van der Waals surface area contributed by atoms with Crippen molar-refractivity contribution in [2.45, 2.75) is 0 Å². The minimum Gasteiger partial charge on any atom is -0.309 e. The van der Waals surface area contributed by atoms with Crippen molar-refractivity contribution < 1.29 is 4.39 Å². The number of rotatable bonds is 3. The highest BCUT2D eigenvalue weighted by molar-refractivity contribution is 6.33. The molecule has 1 N–H and O–H groups in total. The summed E-state index contributed by atoms with van der Waals surface area (Å²) in [7, 11) is 0. The standard InChI is InChI=1S/C14H7Cl3FN5/c15-7-4-5-10(19-6-7)20-14-22-12(21-13(17)23-14)11-8(16)2-1-3-9(11)18/h1-6H,(H,19,20,21,22,23). The van der Waals surface area contributed by atoms with Gasteiger partial charge in [0.15, 0.2) is 5.82 Å². The van der Waals surface area contributed by atoms with Gasteiger partial charge in [0.2, 0.25) is 11.2 Å². The minimum absolute atomic E-state index is 0.0181. The first-order valence-corrected chi connectivity index (χ1v) is 7.41. The first-order chi connectivity index (χ1) is 11.0. The quantitative estimate of drug-likeness (QED) is 0.719. The zero-order valence-corrected chi connectivity index (χ0v) is 13.5. The van der Waals surface area contributed by atoms with E-state index < -0.39 is 5.82 Å². The molecule has 0 bridgehead atoms. The molecule has 116 valence electrons. The van der Waals surface area contributed by atoms with E-state index in [2.05, 4.69) is 25.3 Å². The van der Waals surface area contributed by atoms with E-state index >= 15 is 0 Å². The molecule has 3 aromatic rings. The van der Waals surface area contributed by atoms with E-state index in [0.717, 1.165) is 0 Å². The monoisotopic (exact) mass is 369 g/mol. The molecule has 0 unspecified atom stereocenters. The number of hydrogen-bond acceptors (Lipinski definition) is 5. The molecule has 0 radical (unpaired) electrons. The van der Waals surface area contributed by atoms with E-state index in [1.54, 1.807) is 12.1 Å². The van der Waals surface area contributed by atoms with Gasteiger partial charge in [0.05, 0.1) is 15.6 Å². The number of hydrogen-bond donors (Lipinski definition) is 1. The zero-order chi connectivity index (χ0) is 16.4. The second-order valence-corrected chi connectivity index (χ2v) is 5.52. The van der Waals surface area contributed by atoms with E-state index in [4.69, 9.17) is 34.8 Å². The lowest BCUT2D eigenvalue weighted by Crippen LogP contribution is -2.03. The molecule has 0 saturated carbocycles. The van der Waals surface area contributed by atoms with Crippen LogP contribution in [0.3, 0.4) is 0 Å². The highest BCUT2D eigenvalue weighted by Crippen LogP contribution is 2.29. The molecule has 0 amide bonds. The van der Waals surface area contributed by atoms with Gasteiger partial charge in [-0.05, 0) is 35.9 Å². The average molecular weight is 371 g/mol. The molecular formula is C14H7Cl3FN5. The Morgan fingerprint density at radius 2 is 1.78 bits per heavy atom. The lowest BCUT2D eigenvalue weighted by molar-refractivity contribution is 0.630. The van der Waals surface area contributed by atoms with Crippen molar-refractivity contribution in [2.75, 3.05) is 5.32 Å². The first kappa shape index (κ1) is 15.9. The van der Waals surface area contributed by atoms with Crippen LogP contribution in [0.4, 0.5) is 16.2 Å². The maximum absolute atomic E-state index is 14.0. The lowest BCUT2D eigenvalue weighted by atomic mass is 10.2. The summed E-state index contributed by atoms with van der Waals surface area (Å²) in [6.45, 7) is 0. The summed E-state index contributed by atoms with van der Waals surface area (Å²) in [5, 5.41) is 3.39. The fraction of sp³-hybridized carbons (Fsp3) is 0. The number of aromatic nitrogens is 4. The maximum atomic E-state index is 14.0. The normalized spacial score (nSPS) is 10.6. The van der Waals surface area contributed by atoms with Crippen LogP contribution in [0.5, 0.6) is 0 Å². The van der Waals surface area contributed by atoms with Crippen LogP contribution in [-0.2, 0) is 0 Å². The first-order valence-electron chi connectivity index (χ1n) is 6.27. The van der Waals surface area contributed by atoms with Crippen LogP contribution >= 0.6 is 34.8 Å². The van der Waals surface area contributed by atoms with Gasteiger partial charge in [0.1, 0.15) is 11.6 Å². The molecule has 0 aliphatic carbocycles. The molecule has 23 heavy (non-hydrogen) atoms. The lowest BCUT2D eigenvalue weighted by Gasteiger charge is -2.08. The molecule has 5 nitrogen and oxygen atoms in total. The Kier molecular flexibility index (Phi) is 4.56. The second kappa shape index (κ2) is 6.62.